The van der Waals surface area contributed by atoms with E-state index in [1.807, 2.05) is 18.3 Å². The highest BCUT2D eigenvalue weighted by Crippen LogP contribution is 2.15. The van der Waals surface area contributed by atoms with Crippen LogP contribution in [-0.2, 0) is 4.43 Å². The minimum absolute atomic E-state index is 0.874. The van der Waals surface area contributed by atoms with Crippen molar-refractivity contribution >= 4 is 33.7 Å². The predicted molar refractivity (Wildman–Crippen MR) is 51.7 cm³/mol. The normalized spacial score (nSPS) is 10.6. The zero-order valence-corrected chi connectivity index (χ0v) is 7.91. The summed E-state index contributed by atoms with van der Waals surface area (Å²) >= 11 is 2.30. The molecule has 3 heteroatoms. The summed E-state index contributed by atoms with van der Waals surface area (Å²) in [7, 11) is 0. The Morgan fingerprint density at radius 3 is 3.27 bits per heavy atom. The number of alkyl halides is 1. The summed E-state index contributed by atoms with van der Waals surface area (Å²) in [5.41, 5.74) is 3.01. The molecule has 0 saturated heterocycles. The van der Waals surface area contributed by atoms with E-state index in [1.54, 1.807) is 6.26 Å². The standard InChI is InChI=1S/C8H6INO/c9-4-6-3-8-7(10-5-6)1-2-11-8/h1-3,5H,4H2. The Morgan fingerprint density at radius 2 is 2.45 bits per heavy atom. The van der Waals surface area contributed by atoms with Gasteiger partial charge >= 0.3 is 0 Å². The molecule has 2 heterocycles. The Bertz CT molecular complexity index is 369. The molecule has 0 unspecified atom stereocenters. The van der Waals surface area contributed by atoms with Gasteiger partial charge in [0.2, 0.25) is 0 Å². The van der Waals surface area contributed by atoms with Gasteiger partial charge in [-0.15, -0.1) is 0 Å². The molecule has 2 aromatic rings. The molecule has 0 bridgehead atoms. The highest BCUT2D eigenvalue weighted by Gasteiger charge is 1.97. The van der Waals surface area contributed by atoms with Crippen LogP contribution >= 0.6 is 22.6 Å². The van der Waals surface area contributed by atoms with Crippen LogP contribution in [-0.4, -0.2) is 4.98 Å². The molecule has 0 spiro atoms. The maximum Gasteiger partial charge on any atom is 0.152 e. The molecule has 0 aliphatic heterocycles. The van der Waals surface area contributed by atoms with E-state index in [0.29, 0.717) is 0 Å². The summed E-state index contributed by atoms with van der Waals surface area (Å²) in [4.78, 5) is 4.21. The largest absolute Gasteiger partial charge is 0.463 e. The number of nitrogens with zero attached hydrogens (tertiary/aromatic N) is 1. The van der Waals surface area contributed by atoms with Gasteiger partial charge in [0.05, 0.1) is 6.26 Å². The lowest BCUT2D eigenvalue weighted by molar-refractivity contribution is 0.615. The van der Waals surface area contributed by atoms with Crippen LogP contribution in [0.25, 0.3) is 11.1 Å². The molecular formula is C8H6INO. The van der Waals surface area contributed by atoms with Gasteiger partial charge in [0, 0.05) is 16.7 Å². The van der Waals surface area contributed by atoms with Gasteiger partial charge in [-0.1, -0.05) is 22.6 Å². The number of furan rings is 1. The first kappa shape index (κ1) is 7.09. The number of halogens is 1. The van der Waals surface area contributed by atoms with Crippen molar-refractivity contribution in [1.82, 2.24) is 4.98 Å². The molecule has 0 aliphatic rings. The summed E-state index contributed by atoms with van der Waals surface area (Å²) < 4.78 is 6.17. The topological polar surface area (TPSA) is 26.0 Å². The van der Waals surface area contributed by atoms with Crippen molar-refractivity contribution in [3.63, 3.8) is 0 Å². The molecule has 56 valence electrons. The number of hydrogen-bond acceptors (Lipinski definition) is 2. The minimum atomic E-state index is 0.874. The average molecular weight is 259 g/mol. The summed E-state index contributed by atoms with van der Waals surface area (Å²) in [5, 5.41) is 0. The quantitative estimate of drug-likeness (QED) is 0.581. The monoisotopic (exact) mass is 259 g/mol. The zero-order chi connectivity index (χ0) is 7.68. The second-order valence-electron chi connectivity index (χ2n) is 2.28. The maximum absolute atomic E-state index is 5.19. The average Bonchev–Trinajstić information content (AvgIpc) is 2.50. The molecule has 0 radical (unpaired) electrons. The van der Waals surface area contributed by atoms with Crippen molar-refractivity contribution in [2.75, 3.05) is 0 Å². The van der Waals surface area contributed by atoms with Crippen LogP contribution in [0.1, 0.15) is 5.56 Å². The van der Waals surface area contributed by atoms with Crippen molar-refractivity contribution in [3.05, 3.63) is 30.2 Å². The van der Waals surface area contributed by atoms with Crippen LogP contribution in [0.3, 0.4) is 0 Å². The molecule has 0 saturated carbocycles. The van der Waals surface area contributed by atoms with Gasteiger partial charge < -0.3 is 4.42 Å². The molecule has 2 nitrogen and oxygen atoms in total. The van der Waals surface area contributed by atoms with Crippen LogP contribution in [0.5, 0.6) is 0 Å². The Kier molecular flexibility index (Phi) is 1.81. The molecule has 0 amide bonds. The molecule has 2 aromatic heterocycles. The van der Waals surface area contributed by atoms with E-state index in [-0.39, 0.29) is 0 Å². The minimum Gasteiger partial charge on any atom is -0.463 e. The first-order chi connectivity index (χ1) is 5.40. The van der Waals surface area contributed by atoms with Gasteiger partial charge in [-0.2, -0.15) is 0 Å². The fourth-order valence-electron chi connectivity index (χ4n) is 0.960. The third kappa shape index (κ3) is 1.24. The van der Waals surface area contributed by atoms with E-state index in [2.05, 4.69) is 27.6 Å². The van der Waals surface area contributed by atoms with Gasteiger partial charge in [0.25, 0.3) is 0 Å². The molecule has 11 heavy (non-hydrogen) atoms. The smallest absolute Gasteiger partial charge is 0.152 e. The van der Waals surface area contributed by atoms with E-state index in [1.165, 1.54) is 5.56 Å². The molecule has 2 rings (SSSR count). The van der Waals surface area contributed by atoms with Crippen LogP contribution in [0.4, 0.5) is 0 Å². The van der Waals surface area contributed by atoms with Gasteiger partial charge in [0.1, 0.15) is 5.52 Å². The number of rotatable bonds is 1. The van der Waals surface area contributed by atoms with E-state index < -0.39 is 0 Å². The summed E-state index contributed by atoms with van der Waals surface area (Å²) in [6.07, 6.45) is 3.54. The van der Waals surface area contributed by atoms with Crippen LogP contribution < -0.4 is 0 Å². The van der Waals surface area contributed by atoms with E-state index in [9.17, 15) is 0 Å². The molecule has 0 fully saturated rings. The Balaban J connectivity index is 2.67. The maximum atomic E-state index is 5.19. The van der Waals surface area contributed by atoms with E-state index >= 15 is 0 Å². The van der Waals surface area contributed by atoms with Crippen LogP contribution in [0, 0.1) is 0 Å². The number of aromatic nitrogens is 1. The zero-order valence-electron chi connectivity index (χ0n) is 5.75. The van der Waals surface area contributed by atoms with Crippen molar-refractivity contribution in [1.29, 1.82) is 0 Å². The Hall–Kier alpha value is -0.580. The lowest BCUT2D eigenvalue weighted by Crippen LogP contribution is -1.78. The molecule has 0 atom stereocenters. The highest BCUT2D eigenvalue weighted by atomic mass is 127. The first-order valence-electron chi connectivity index (χ1n) is 3.28. The SMILES string of the molecule is ICc1cnc2ccoc2c1. The lowest BCUT2D eigenvalue weighted by Gasteiger charge is -1.92. The van der Waals surface area contributed by atoms with Gasteiger partial charge in [-0.05, 0) is 11.6 Å². The Labute approximate surface area is 77.8 Å². The van der Waals surface area contributed by atoms with Crippen LogP contribution in [0.15, 0.2) is 29.0 Å². The summed E-state index contributed by atoms with van der Waals surface area (Å²) in [6.45, 7) is 0. The van der Waals surface area contributed by atoms with Crippen LogP contribution in [0.2, 0.25) is 0 Å². The summed E-state index contributed by atoms with van der Waals surface area (Å²) in [6, 6.07) is 3.89. The van der Waals surface area contributed by atoms with Gasteiger partial charge in [0.15, 0.2) is 5.58 Å². The summed E-state index contributed by atoms with van der Waals surface area (Å²) in [5.74, 6) is 0. The number of pyridine rings is 1. The van der Waals surface area contributed by atoms with Crippen molar-refractivity contribution < 1.29 is 4.42 Å². The third-order valence-electron chi connectivity index (χ3n) is 1.51. The van der Waals surface area contributed by atoms with Gasteiger partial charge in [-0.25, -0.2) is 0 Å². The highest BCUT2D eigenvalue weighted by molar-refractivity contribution is 14.1. The molecular weight excluding hydrogens is 253 g/mol. The Morgan fingerprint density at radius 1 is 1.55 bits per heavy atom. The predicted octanol–water partition coefficient (Wildman–Crippen LogP) is 2.76. The second-order valence-corrected chi connectivity index (χ2v) is 3.04. The lowest BCUT2D eigenvalue weighted by atomic mass is 10.3. The van der Waals surface area contributed by atoms with E-state index in [4.69, 9.17) is 4.42 Å². The fourth-order valence-corrected chi connectivity index (χ4v) is 1.38. The second kappa shape index (κ2) is 2.81. The molecule has 0 aromatic carbocycles. The first-order valence-corrected chi connectivity index (χ1v) is 4.81. The molecule has 0 aliphatic carbocycles. The van der Waals surface area contributed by atoms with Crippen molar-refractivity contribution in [2.45, 2.75) is 4.43 Å². The number of fused-ring (bicyclic) bond motifs is 1. The fraction of sp³-hybridized carbons (Fsp3) is 0.125. The van der Waals surface area contributed by atoms with E-state index in [0.717, 1.165) is 15.5 Å². The molecule has 0 N–H and O–H groups in total. The van der Waals surface area contributed by atoms with Crippen molar-refractivity contribution in [3.8, 4) is 0 Å². The van der Waals surface area contributed by atoms with Gasteiger partial charge in [-0.3, -0.25) is 4.98 Å². The number of hydrogen-bond donors (Lipinski definition) is 0. The van der Waals surface area contributed by atoms with Crippen molar-refractivity contribution in [2.24, 2.45) is 0 Å². The third-order valence-corrected chi connectivity index (χ3v) is 2.39.